The highest BCUT2D eigenvalue weighted by atomic mass is 35.5. The summed E-state index contributed by atoms with van der Waals surface area (Å²) in [6, 6.07) is 1.15. The van der Waals surface area contributed by atoms with Crippen molar-refractivity contribution in [3.63, 3.8) is 0 Å². The van der Waals surface area contributed by atoms with E-state index in [1.807, 2.05) is 0 Å². The van der Waals surface area contributed by atoms with E-state index in [0.717, 1.165) is 12.3 Å². The fourth-order valence-electron chi connectivity index (χ4n) is 0.552. The average molecular weight is 162 g/mol. The number of aromatic nitrogens is 1. The zero-order chi connectivity index (χ0) is 7.56. The molecule has 0 fully saturated rings. The van der Waals surface area contributed by atoms with E-state index >= 15 is 0 Å². The van der Waals surface area contributed by atoms with Gasteiger partial charge in [-0.25, -0.2) is 9.37 Å². The van der Waals surface area contributed by atoms with Crippen LogP contribution in [0, 0.1) is 5.82 Å². The van der Waals surface area contributed by atoms with Gasteiger partial charge in [0.1, 0.15) is 10.8 Å². The third-order valence-electron chi connectivity index (χ3n) is 0.967. The lowest BCUT2D eigenvalue weighted by molar-refractivity contribution is 0.396. The van der Waals surface area contributed by atoms with Crippen LogP contribution in [0.2, 0.25) is 5.02 Å². The number of pyridine rings is 1. The molecule has 0 saturated carbocycles. The van der Waals surface area contributed by atoms with Crippen molar-refractivity contribution in [1.29, 1.82) is 0 Å². The number of hydrogen-bond acceptors (Lipinski definition) is 2. The van der Waals surface area contributed by atoms with Crippen LogP contribution < -0.4 is 4.74 Å². The van der Waals surface area contributed by atoms with Crippen molar-refractivity contribution < 1.29 is 9.13 Å². The van der Waals surface area contributed by atoms with Gasteiger partial charge in [-0.1, -0.05) is 11.6 Å². The minimum atomic E-state index is -0.467. The molecule has 0 aliphatic heterocycles. The summed E-state index contributed by atoms with van der Waals surface area (Å²) in [6.07, 6.45) is 1.05. The van der Waals surface area contributed by atoms with Crippen molar-refractivity contribution in [2.75, 3.05) is 7.11 Å². The van der Waals surface area contributed by atoms with Gasteiger partial charge >= 0.3 is 0 Å². The average Bonchev–Trinajstić information content (AvgIpc) is 1.88. The summed E-state index contributed by atoms with van der Waals surface area (Å²) < 4.78 is 17.0. The summed E-state index contributed by atoms with van der Waals surface area (Å²) in [4.78, 5) is 3.57. The fourth-order valence-corrected chi connectivity index (χ4v) is 0.782. The quantitative estimate of drug-likeness (QED) is 0.628. The first kappa shape index (κ1) is 7.28. The largest absolute Gasteiger partial charge is 0.480 e. The summed E-state index contributed by atoms with van der Waals surface area (Å²) in [5.41, 5.74) is 0. The molecular weight excluding hydrogens is 157 g/mol. The maximum atomic E-state index is 12.3. The van der Waals surface area contributed by atoms with E-state index in [1.165, 1.54) is 7.11 Å². The lowest BCUT2D eigenvalue weighted by atomic mass is 10.5. The second-order valence-electron chi connectivity index (χ2n) is 1.64. The maximum Gasteiger partial charge on any atom is 0.232 e. The van der Waals surface area contributed by atoms with Gasteiger partial charge < -0.3 is 4.74 Å². The Morgan fingerprint density at radius 3 is 2.90 bits per heavy atom. The van der Waals surface area contributed by atoms with Crippen LogP contribution in [0.3, 0.4) is 0 Å². The highest BCUT2D eigenvalue weighted by Gasteiger charge is 2.01. The van der Waals surface area contributed by atoms with E-state index in [-0.39, 0.29) is 10.9 Å². The molecule has 1 heterocycles. The molecule has 0 aliphatic carbocycles. The van der Waals surface area contributed by atoms with E-state index in [0.29, 0.717) is 0 Å². The normalized spacial score (nSPS) is 9.50. The highest BCUT2D eigenvalue weighted by Crippen LogP contribution is 2.20. The molecule has 4 heteroatoms. The third-order valence-corrected chi connectivity index (χ3v) is 1.24. The summed E-state index contributed by atoms with van der Waals surface area (Å²) in [7, 11) is 1.42. The standard InChI is InChI=1S/C6H5ClFNO/c1-10-6-5(7)2-4(8)3-9-6/h2-3H,1H3. The monoisotopic (exact) mass is 161 g/mol. The van der Waals surface area contributed by atoms with Gasteiger partial charge in [0.25, 0.3) is 0 Å². The SMILES string of the molecule is COc1ncc(F)cc1Cl. The summed E-state index contributed by atoms with van der Waals surface area (Å²) >= 11 is 5.50. The number of hydrogen-bond donors (Lipinski definition) is 0. The molecule has 0 spiro atoms. The van der Waals surface area contributed by atoms with Gasteiger partial charge in [0.15, 0.2) is 0 Å². The predicted octanol–water partition coefficient (Wildman–Crippen LogP) is 1.88. The van der Waals surface area contributed by atoms with E-state index in [9.17, 15) is 4.39 Å². The van der Waals surface area contributed by atoms with Gasteiger partial charge in [0, 0.05) is 0 Å². The van der Waals surface area contributed by atoms with Gasteiger partial charge in [-0.3, -0.25) is 0 Å². The first-order chi connectivity index (χ1) is 4.74. The molecule has 0 aromatic carbocycles. The Hall–Kier alpha value is -0.830. The highest BCUT2D eigenvalue weighted by molar-refractivity contribution is 6.31. The van der Waals surface area contributed by atoms with Gasteiger partial charge in [0.2, 0.25) is 5.88 Å². The lowest BCUT2D eigenvalue weighted by Crippen LogP contribution is -1.88. The van der Waals surface area contributed by atoms with Crippen molar-refractivity contribution in [3.05, 3.63) is 23.1 Å². The zero-order valence-corrected chi connectivity index (χ0v) is 6.02. The molecule has 1 aromatic heterocycles. The summed E-state index contributed by atoms with van der Waals surface area (Å²) in [5, 5.41) is 0.183. The molecule has 54 valence electrons. The molecule has 0 radical (unpaired) electrons. The summed E-state index contributed by atoms with van der Waals surface area (Å²) in [5.74, 6) is -0.228. The number of ether oxygens (including phenoxy) is 1. The Labute approximate surface area is 62.6 Å². The Morgan fingerprint density at radius 1 is 1.70 bits per heavy atom. The first-order valence-corrected chi connectivity index (χ1v) is 2.97. The molecule has 1 aromatic rings. The topological polar surface area (TPSA) is 22.1 Å². The van der Waals surface area contributed by atoms with Crippen LogP contribution in [-0.2, 0) is 0 Å². The van der Waals surface area contributed by atoms with Gasteiger partial charge in [0.05, 0.1) is 13.3 Å². The van der Waals surface area contributed by atoms with Gasteiger partial charge in [-0.05, 0) is 6.07 Å². The van der Waals surface area contributed by atoms with Crippen LogP contribution in [0.15, 0.2) is 12.3 Å². The number of nitrogens with zero attached hydrogens (tertiary/aromatic N) is 1. The molecule has 10 heavy (non-hydrogen) atoms. The molecule has 0 unspecified atom stereocenters. The van der Waals surface area contributed by atoms with E-state index in [4.69, 9.17) is 16.3 Å². The number of rotatable bonds is 1. The molecule has 0 N–H and O–H groups in total. The third kappa shape index (κ3) is 1.36. The summed E-state index contributed by atoms with van der Waals surface area (Å²) in [6.45, 7) is 0. The van der Waals surface area contributed by atoms with Crippen LogP contribution in [0.5, 0.6) is 5.88 Å². The minimum absolute atomic E-state index is 0.183. The molecular formula is C6H5ClFNO. The van der Waals surface area contributed by atoms with Gasteiger partial charge in [-0.15, -0.1) is 0 Å². The van der Waals surface area contributed by atoms with Crippen molar-refractivity contribution in [3.8, 4) is 5.88 Å². The maximum absolute atomic E-state index is 12.3. The Balaban J connectivity index is 3.07. The van der Waals surface area contributed by atoms with E-state index < -0.39 is 5.82 Å². The molecule has 0 atom stereocenters. The Bertz CT molecular complexity index is 241. The zero-order valence-electron chi connectivity index (χ0n) is 5.27. The molecule has 2 nitrogen and oxygen atoms in total. The van der Waals surface area contributed by atoms with E-state index in [2.05, 4.69) is 4.98 Å². The van der Waals surface area contributed by atoms with Crippen molar-refractivity contribution >= 4 is 11.6 Å². The van der Waals surface area contributed by atoms with Crippen LogP contribution in [-0.4, -0.2) is 12.1 Å². The number of halogens is 2. The van der Waals surface area contributed by atoms with Crippen LogP contribution in [0.1, 0.15) is 0 Å². The van der Waals surface area contributed by atoms with Crippen molar-refractivity contribution in [2.45, 2.75) is 0 Å². The van der Waals surface area contributed by atoms with Crippen molar-refractivity contribution in [2.24, 2.45) is 0 Å². The molecule has 0 saturated heterocycles. The van der Waals surface area contributed by atoms with Crippen LogP contribution in [0.25, 0.3) is 0 Å². The fraction of sp³-hybridized carbons (Fsp3) is 0.167. The molecule has 0 amide bonds. The second-order valence-corrected chi connectivity index (χ2v) is 2.05. The van der Waals surface area contributed by atoms with Crippen molar-refractivity contribution in [1.82, 2.24) is 4.98 Å². The van der Waals surface area contributed by atoms with Gasteiger partial charge in [-0.2, -0.15) is 0 Å². The smallest absolute Gasteiger partial charge is 0.232 e. The lowest BCUT2D eigenvalue weighted by Gasteiger charge is -1.98. The molecule has 0 bridgehead atoms. The predicted molar refractivity (Wildman–Crippen MR) is 35.8 cm³/mol. The Kier molecular flexibility index (Phi) is 2.06. The second kappa shape index (κ2) is 2.84. The Morgan fingerprint density at radius 2 is 2.40 bits per heavy atom. The first-order valence-electron chi connectivity index (χ1n) is 2.59. The van der Waals surface area contributed by atoms with Crippen LogP contribution in [0.4, 0.5) is 4.39 Å². The van der Waals surface area contributed by atoms with Crippen LogP contribution >= 0.6 is 11.6 Å². The molecule has 1 rings (SSSR count). The van der Waals surface area contributed by atoms with E-state index in [1.54, 1.807) is 0 Å². The number of methoxy groups -OCH3 is 1. The minimum Gasteiger partial charge on any atom is -0.480 e. The molecule has 0 aliphatic rings.